The molecule has 1 amide bonds. The van der Waals surface area contributed by atoms with Crippen molar-refractivity contribution in [1.29, 1.82) is 0 Å². The second kappa shape index (κ2) is 6.22. The van der Waals surface area contributed by atoms with E-state index >= 15 is 0 Å². The molecule has 96 valence electrons. The number of aromatic nitrogens is 3. The highest BCUT2D eigenvalue weighted by Gasteiger charge is 2.16. The number of hydrogen-bond donors (Lipinski definition) is 2. The van der Waals surface area contributed by atoms with Crippen LogP contribution in [0.5, 0.6) is 0 Å². The lowest BCUT2D eigenvalue weighted by molar-refractivity contribution is -0.122. The molecule has 0 aromatic carbocycles. The largest absolute Gasteiger partial charge is 0.367 e. The summed E-state index contributed by atoms with van der Waals surface area (Å²) < 4.78 is 1.43. The van der Waals surface area contributed by atoms with Gasteiger partial charge in [-0.1, -0.05) is 26.7 Å². The van der Waals surface area contributed by atoms with E-state index < -0.39 is 0 Å². The lowest BCUT2D eigenvalue weighted by Gasteiger charge is -2.22. The molecule has 0 aliphatic carbocycles. The minimum absolute atomic E-state index is 0.0608. The molecule has 0 aliphatic rings. The van der Waals surface area contributed by atoms with Crippen LogP contribution in [0.15, 0.2) is 6.33 Å². The monoisotopic (exact) mass is 239 g/mol. The first kappa shape index (κ1) is 13.5. The predicted octanol–water partition coefficient (Wildman–Crippen LogP) is 0.801. The number of anilines is 1. The van der Waals surface area contributed by atoms with Gasteiger partial charge in [0, 0.05) is 6.04 Å². The zero-order valence-corrected chi connectivity index (χ0v) is 10.7. The van der Waals surface area contributed by atoms with Crippen molar-refractivity contribution in [3.05, 3.63) is 6.33 Å². The molecule has 0 aliphatic heterocycles. The number of carbonyl (C=O) groups is 1. The number of nitrogens with zero attached hydrogens (tertiary/aromatic N) is 3. The molecule has 6 heteroatoms. The van der Waals surface area contributed by atoms with Gasteiger partial charge in [-0.3, -0.25) is 4.79 Å². The molecule has 17 heavy (non-hydrogen) atoms. The Morgan fingerprint density at radius 2 is 2.18 bits per heavy atom. The summed E-state index contributed by atoms with van der Waals surface area (Å²) in [5.41, 5.74) is 5.37. The molecule has 1 unspecified atom stereocenters. The molecule has 1 rings (SSSR count). The Hall–Kier alpha value is -1.59. The third-order valence-electron chi connectivity index (χ3n) is 3.00. The van der Waals surface area contributed by atoms with Crippen LogP contribution in [0.3, 0.4) is 0 Å². The summed E-state index contributed by atoms with van der Waals surface area (Å²) in [6, 6.07) is 0.179. The molecule has 1 atom stereocenters. The molecule has 0 saturated heterocycles. The molecule has 0 spiro atoms. The summed E-state index contributed by atoms with van der Waals surface area (Å²) >= 11 is 0. The quantitative estimate of drug-likeness (QED) is 0.769. The van der Waals surface area contributed by atoms with E-state index in [2.05, 4.69) is 29.2 Å². The highest BCUT2D eigenvalue weighted by molar-refractivity contribution is 5.75. The zero-order valence-electron chi connectivity index (χ0n) is 10.7. The van der Waals surface area contributed by atoms with E-state index in [0.29, 0.717) is 5.92 Å². The van der Waals surface area contributed by atoms with Gasteiger partial charge in [0.15, 0.2) is 0 Å². The summed E-state index contributed by atoms with van der Waals surface area (Å²) in [5, 5.41) is 6.84. The van der Waals surface area contributed by atoms with E-state index in [4.69, 9.17) is 5.73 Å². The third-order valence-corrected chi connectivity index (χ3v) is 3.00. The van der Waals surface area contributed by atoms with Crippen molar-refractivity contribution in [1.82, 2.24) is 20.1 Å². The summed E-state index contributed by atoms with van der Waals surface area (Å²) in [7, 11) is 0. The highest BCUT2D eigenvalue weighted by atomic mass is 16.2. The van der Waals surface area contributed by atoms with Crippen molar-refractivity contribution in [2.75, 3.05) is 5.73 Å². The van der Waals surface area contributed by atoms with Gasteiger partial charge in [-0.15, -0.1) is 5.10 Å². The van der Waals surface area contributed by atoms with Crippen LogP contribution in [0.25, 0.3) is 0 Å². The molecule has 0 saturated carbocycles. The molecule has 0 bridgehead atoms. The van der Waals surface area contributed by atoms with Gasteiger partial charge in [0.1, 0.15) is 12.9 Å². The van der Waals surface area contributed by atoms with E-state index in [-0.39, 0.29) is 24.4 Å². The summed E-state index contributed by atoms with van der Waals surface area (Å²) in [5.74, 6) is 0.639. The van der Waals surface area contributed by atoms with Gasteiger partial charge in [-0.25, -0.2) is 9.67 Å². The lowest BCUT2D eigenvalue weighted by Crippen LogP contribution is -2.39. The topological polar surface area (TPSA) is 85.8 Å². The molecular formula is C11H21N5O. The molecule has 1 heterocycles. The third kappa shape index (κ3) is 4.05. The Balaban J connectivity index is 2.44. The summed E-state index contributed by atoms with van der Waals surface area (Å²) in [4.78, 5) is 15.5. The van der Waals surface area contributed by atoms with Crippen molar-refractivity contribution in [2.24, 2.45) is 5.92 Å². The van der Waals surface area contributed by atoms with E-state index in [9.17, 15) is 4.79 Å². The van der Waals surface area contributed by atoms with Gasteiger partial charge < -0.3 is 11.1 Å². The Labute approximate surface area is 102 Å². The fourth-order valence-corrected chi connectivity index (χ4v) is 1.95. The highest BCUT2D eigenvalue weighted by Crippen LogP contribution is 2.12. The van der Waals surface area contributed by atoms with Crippen molar-refractivity contribution in [3.63, 3.8) is 0 Å². The van der Waals surface area contributed by atoms with Crippen LogP contribution in [0.4, 0.5) is 5.95 Å². The number of nitrogen functional groups attached to an aromatic ring is 1. The summed E-state index contributed by atoms with van der Waals surface area (Å²) in [6.07, 6.45) is 3.58. The van der Waals surface area contributed by atoms with Crippen LogP contribution in [0.2, 0.25) is 0 Å². The Morgan fingerprint density at radius 1 is 1.53 bits per heavy atom. The van der Waals surface area contributed by atoms with Gasteiger partial charge in [-0.05, 0) is 12.8 Å². The van der Waals surface area contributed by atoms with E-state index in [1.165, 1.54) is 11.0 Å². The fraction of sp³-hybridized carbons (Fsp3) is 0.727. The van der Waals surface area contributed by atoms with Crippen LogP contribution < -0.4 is 11.1 Å². The number of amides is 1. The molecule has 0 radical (unpaired) electrons. The number of carbonyl (C=O) groups excluding carboxylic acids is 1. The van der Waals surface area contributed by atoms with Gasteiger partial charge >= 0.3 is 0 Å². The van der Waals surface area contributed by atoms with Crippen molar-refractivity contribution in [2.45, 2.75) is 46.2 Å². The SMILES string of the molecule is CCC(CC)C(C)NC(=O)Cn1cnc(N)n1. The maximum Gasteiger partial charge on any atom is 0.242 e. The number of rotatable bonds is 6. The fourth-order valence-electron chi connectivity index (χ4n) is 1.95. The molecule has 6 nitrogen and oxygen atoms in total. The van der Waals surface area contributed by atoms with Gasteiger partial charge in [-0.2, -0.15) is 0 Å². The molecule has 1 aromatic heterocycles. The second-order valence-corrected chi connectivity index (χ2v) is 4.23. The first-order valence-electron chi connectivity index (χ1n) is 6.01. The number of nitrogens with one attached hydrogen (secondary N) is 1. The van der Waals surface area contributed by atoms with E-state index in [1.807, 2.05) is 6.92 Å². The van der Waals surface area contributed by atoms with Gasteiger partial charge in [0.05, 0.1) is 0 Å². The molecule has 1 aromatic rings. The Morgan fingerprint density at radius 3 is 2.65 bits per heavy atom. The first-order chi connectivity index (χ1) is 8.06. The minimum atomic E-state index is -0.0608. The molecule has 0 fully saturated rings. The Bertz CT molecular complexity index is 358. The number of hydrogen-bond acceptors (Lipinski definition) is 4. The van der Waals surface area contributed by atoms with Crippen molar-refractivity contribution < 1.29 is 4.79 Å². The maximum atomic E-state index is 11.7. The summed E-state index contributed by atoms with van der Waals surface area (Å²) in [6.45, 7) is 6.46. The average molecular weight is 239 g/mol. The standard InChI is InChI=1S/C11H21N5O/c1-4-9(5-2)8(3)14-10(17)6-16-7-13-11(12)15-16/h7-9H,4-6H2,1-3H3,(H2,12,15)(H,14,17). The maximum absolute atomic E-state index is 11.7. The van der Waals surface area contributed by atoms with E-state index in [1.54, 1.807) is 0 Å². The van der Waals surface area contributed by atoms with Crippen LogP contribution >= 0.6 is 0 Å². The molecular weight excluding hydrogens is 218 g/mol. The molecule has 3 N–H and O–H groups in total. The van der Waals surface area contributed by atoms with Gasteiger partial charge in [0.2, 0.25) is 11.9 Å². The zero-order chi connectivity index (χ0) is 12.8. The van der Waals surface area contributed by atoms with E-state index in [0.717, 1.165) is 12.8 Å². The normalized spacial score (nSPS) is 12.7. The van der Waals surface area contributed by atoms with Crippen molar-refractivity contribution >= 4 is 11.9 Å². The first-order valence-corrected chi connectivity index (χ1v) is 6.01. The van der Waals surface area contributed by atoms with Crippen LogP contribution in [0.1, 0.15) is 33.6 Å². The van der Waals surface area contributed by atoms with Gasteiger partial charge in [0.25, 0.3) is 0 Å². The van der Waals surface area contributed by atoms with Crippen LogP contribution in [-0.4, -0.2) is 26.7 Å². The average Bonchev–Trinajstić information content (AvgIpc) is 2.65. The minimum Gasteiger partial charge on any atom is -0.367 e. The number of nitrogens with two attached hydrogens (primary N) is 1. The Kier molecular flexibility index (Phi) is 4.93. The van der Waals surface area contributed by atoms with Crippen molar-refractivity contribution in [3.8, 4) is 0 Å². The smallest absolute Gasteiger partial charge is 0.242 e. The predicted molar refractivity (Wildman–Crippen MR) is 66.1 cm³/mol. The van der Waals surface area contributed by atoms with Crippen LogP contribution in [-0.2, 0) is 11.3 Å². The second-order valence-electron chi connectivity index (χ2n) is 4.23. The lowest BCUT2D eigenvalue weighted by atomic mass is 9.95. The van der Waals surface area contributed by atoms with Crippen LogP contribution in [0, 0.1) is 5.92 Å².